The third kappa shape index (κ3) is 2.55. The number of hydrogen-bond donors (Lipinski definition) is 0. The van der Waals surface area contributed by atoms with Gasteiger partial charge in [-0.05, 0) is 6.92 Å². The van der Waals surface area contributed by atoms with Crippen molar-refractivity contribution in [3.63, 3.8) is 0 Å². The van der Waals surface area contributed by atoms with Gasteiger partial charge >= 0.3 is 0 Å². The Morgan fingerprint density at radius 1 is 1.30 bits per heavy atom. The molecule has 3 rings (SSSR count). The van der Waals surface area contributed by atoms with E-state index in [1.165, 1.54) is 11.5 Å². The summed E-state index contributed by atoms with van der Waals surface area (Å²) >= 11 is 1.32. The minimum Gasteiger partial charge on any atom is -0.345 e. The lowest BCUT2D eigenvalue weighted by molar-refractivity contribution is 0.569. The summed E-state index contributed by atoms with van der Waals surface area (Å²) in [6.45, 7) is 2.74. The fourth-order valence-corrected chi connectivity index (χ4v) is 4.18. The maximum Gasteiger partial charge on any atom is 0.205 e. The number of aromatic nitrogens is 2. The van der Waals surface area contributed by atoms with Crippen LogP contribution in [-0.4, -0.2) is 41.9 Å². The standard InChI is InChI=1S/C13H15N3O2S2/c1-10-9-16(7-8-20(10,17)18)13-14-12(15-19-13)11-5-3-2-4-6-11/h2-6,10H,7-9H2,1H3/t10-/m0/s1. The van der Waals surface area contributed by atoms with Crippen LogP contribution >= 0.6 is 11.5 Å². The average molecular weight is 309 g/mol. The number of nitrogens with zero attached hydrogens (tertiary/aromatic N) is 3. The highest BCUT2D eigenvalue weighted by atomic mass is 32.2. The first kappa shape index (κ1) is 13.5. The minimum atomic E-state index is -2.93. The van der Waals surface area contributed by atoms with Gasteiger partial charge in [-0.2, -0.15) is 9.36 Å². The zero-order valence-corrected chi connectivity index (χ0v) is 12.7. The van der Waals surface area contributed by atoms with Gasteiger partial charge in [-0.15, -0.1) is 0 Å². The van der Waals surface area contributed by atoms with E-state index in [1.54, 1.807) is 6.92 Å². The molecule has 0 aliphatic carbocycles. The molecule has 20 heavy (non-hydrogen) atoms. The van der Waals surface area contributed by atoms with E-state index in [1.807, 2.05) is 35.2 Å². The van der Waals surface area contributed by atoms with Crippen LogP contribution < -0.4 is 4.90 Å². The molecular formula is C13H15N3O2S2. The van der Waals surface area contributed by atoms with E-state index in [2.05, 4.69) is 9.36 Å². The third-order valence-corrected chi connectivity index (χ3v) is 6.36. The van der Waals surface area contributed by atoms with Crippen molar-refractivity contribution >= 4 is 26.5 Å². The predicted octanol–water partition coefficient (Wildman–Crippen LogP) is 1.83. The van der Waals surface area contributed by atoms with Crippen molar-refractivity contribution in [2.75, 3.05) is 23.7 Å². The smallest absolute Gasteiger partial charge is 0.205 e. The SMILES string of the molecule is C[C@H]1CN(c2nc(-c3ccccc3)ns2)CCS1(=O)=O. The molecule has 1 aromatic carbocycles. The quantitative estimate of drug-likeness (QED) is 0.847. The third-order valence-electron chi connectivity index (χ3n) is 3.45. The van der Waals surface area contributed by atoms with E-state index in [-0.39, 0.29) is 11.0 Å². The van der Waals surface area contributed by atoms with Gasteiger partial charge in [0.25, 0.3) is 0 Å². The zero-order valence-electron chi connectivity index (χ0n) is 11.1. The Labute approximate surface area is 122 Å². The van der Waals surface area contributed by atoms with Crippen LogP contribution in [0.2, 0.25) is 0 Å². The van der Waals surface area contributed by atoms with Gasteiger partial charge in [0, 0.05) is 30.2 Å². The van der Waals surface area contributed by atoms with Crippen LogP contribution in [-0.2, 0) is 9.84 Å². The van der Waals surface area contributed by atoms with Crippen molar-refractivity contribution in [3.05, 3.63) is 30.3 Å². The average Bonchev–Trinajstić information content (AvgIpc) is 2.93. The molecule has 0 radical (unpaired) electrons. The number of anilines is 1. The second-order valence-corrected chi connectivity index (χ2v) is 8.16. The van der Waals surface area contributed by atoms with E-state index in [0.717, 1.165) is 10.7 Å². The Bertz CT molecular complexity index is 697. The summed E-state index contributed by atoms with van der Waals surface area (Å²) in [6.07, 6.45) is 0. The van der Waals surface area contributed by atoms with Gasteiger partial charge in [0.05, 0.1) is 11.0 Å². The Balaban J connectivity index is 1.82. The van der Waals surface area contributed by atoms with Gasteiger partial charge in [0.15, 0.2) is 15.7 Å². The number of benzene rings is 1. The molecule has 0 unspecified atom stereocenters. The van der Waals surface area contributed by atoms with E-state index in [9.17, 15) is 8.42 Å². The normalized spacial score (nSPS) is 21.9. The van der Waals surface area contributed by atoms with Gasteiger partial charge in [-0.1, -0.05) is 30.3 Å². The molecule has 1 aliphatic rings. The van der Waals surface area contributed by atoms with E-state index in [0.29, 0.717) is 18.9 Å². The van der Waals surface area contributed by atoms with Crippen molar-refractivity contribution in [1.29, 1.82) is 0 Å². The van der Waals surface area contributed by atoms with Gasteiger partial charge in [0.1, 0.15) is 0 Å². The van der Waals surface area contributed by atoms with Crippen LogP contribution in [0.25, 0.3) is 11.4 Å². The highest BCUT2D eigenvalue weighted by molar-refractivity contribution is 7.92. The molecule has 1 aromatic heterocycles. The molecule has 0 saturated carbocycles. The van der Waals surface area contributed by atoms with Crippen LogP contribution in [0.4, 0.5) is 5.13 Å². The second kappa shape index (κ2) is 5.14. The first-order valence-corrected chi connectivity index (χ1v) is 8.91. The van der Waals surface area contributed by atoms with E-state index >= 15 is 0 Å². The molecule has 0 N–H and O–H groups in total. The first-order chi connectivity index (χ1) is 9.56. The molecule has 2 aromatic rings. The van der Waals surface area contributed by atoms with Gasteiger partial charge in [-0.3, -0.25) is 0 Å². The summed E-state index contributed by atoms with van der Waals surface area (Å²) < 4.78 is 27.8. The van der Waals surface area contributed by atoms with E-state index in [4.69, 9.17) is 0 Å². The summed E-state index contributed by atoms with van der Waals surface area (Å²) in [6, 6.07) is 9.79. The molecule has 5 nitrogen and oxygen atoms in total. The topological polar surface area (TPSA) is 63.2 Å². The Morgan fingerprint density at radius 3 is 2.75 bits per heavy atom. The van der Waals surface area contributed by atoms with E-state index < -0.39 is 9.84 Å². The predicted molar refractivity (Wildman–Crippen MR) is 80.8 cm³/mol. The van der Waals surface area contributed by atoms with Crippen LogP contribution in [0.3, 0.4) is 0 Å². The zero-order chi connectivity index (χ0) is 14.2. The van der Waals surface area contributed by atoms with Crippen LogP contribution in [0.15, 0.2) is 30.3 Å². The lowest BCUT2D eigenvalue weighted by Crippen LogP contribution is -2.45. The first-order valence-electron chi connectivity index (χ1n) is 6.42. The Morgan fingerprint density at radius 2 is 2.05 bits per heavy atom. The molecule has 106 valence electrons. The second-order valence-electron chi connectivity index (χ2n) is 4.89. The van der Waals surface area contributed by atoms with Crippen molar-refractivity contribution in [3.8, 4) is 11.4 Å². The monoisotopic (exact) mass is 309 g/mol. The molecule has 7 heteroatoms. The lowest BCUT2D eigenvalue weighted by atomic mass is 10.2. The number of sulfone groups is 1. The van der Waals surface area contributed by atoms with Crippen molar-refractivity contribution in [1.82, 2.24) is 9.36 Å². The fourth-order valence-electron chi connectivity index (χ4n) is 2.18. The summed E-state index contributed by atoms with van der Waals surface area (Å²) in [4.78, 5) is 6.53. The molecule has 1 fully saturated rings. The number of hydrogen-bond acceptors (Lipinski definition) is 6. The van der Waals surface area contributed by atoms with Crippen LogP contribution in [0.1, 0.15) is 6.92 Å². The highest BCUT2D eigenvalue weighted by Gasteiger charge is 2.30. The van der Waals surface area contributed by atoms with Crippen LogP contribution in [0, 0.1) is 0 Å². The van der Waals surface area contributed by atoms with Crippen molar-refractivity contribution < 1.29 is 8.42 Å². The fraction of sp³-hybridized carbons (Fsp3) is 0.385. The van der Waals surface area contributed by atoms with Crippen LogP contribution in [0.5, 0.6) is 0 Å². The minimum absolute atomic E-state index is 0.189. The maximum atomic E-state index is 11.7. The van der Waals surface area contributed by atoms with Gasteiger partial charge in [-0.25, -0.2) is 8.42 Å². The maximum absolute atomic E-state index is 11.7. The molecule has 0 amide bonds. The number of rotatable bonds is 2. The molecular weight excluding hydrogens is 294 g/mol. The highest BCUT2D eigenvalue weighted by Crippen LogP contribution is 2.26. The molecule has 1 saturated heterocycles. The molecule has 0 spiro atoms. The van der Waals surface area contributed by atoms with Crippen molar-refractivity contribution in [2.45, 2.75) is 12.2 Å². The largest absolute Gasteiger partial charge is 0.345 e. The summed E-state index contributed by atoms with van der Waals surface area (Å²) in [5.41, 5.74) is 0.979. The molecule has 2 heterocycles. The van der Waals surface area contributed by atoms with Gasteiger partial charge in [0.2, 0.25) is 5.13 Å². The Kier molecular flexibility index (Phi) is 3.47. The summed E-state index contributed by atoms with van der Waals surface area (Å²) in [5.74, 6) is 0.890. The molecule has 1 aliphatic heterocycles. The molecule has 0 bridgehead atoms. The summed E-state index contributed by atoms with van der Waals surface area (Å²) in [5, 5.41) is 0.450. The van der Waals surface area contributed by atoms with Gasteiger partial charge < -0.3 is 4.90 Å². The van der Waals surface area contributed by atoms with Crippen molar-refractivity contribution in [2.24, 2.45) is 0 Å². The molecule has 1 atom stereocenters. The Hall–Kier alpha value is -1.47. The lowest BCUT2D eigenvalue weighted by Gasteiger charge is -2.30. The summed E-state index contributed by atoms with van der Waals surface area (Å²) in [7, 11) is -2.93.